The number of nitrogens with one attached hydrogen (secondary N) is 1. The van der Waals surface area contributed by atoms with E-state index in [1.165, 1.54) is 12.1 Å². The first kappa shape index (κ1) is 16.2. The van der Waals surface area contributed by atoms with E-state index in [4.69, 9.17) is 4.42 Å². The van der Waals surface area contributed by atoms with Crippen molar-refractivity contribution in [3.8, 4) is 11.3 Å². The number of hydrogen-bond donors (Lipinski definition) is 1. The lowest BCUT2D eigenvalue weighted by atomic mass is 10.1. The van der Waals surface area contributed by atoms with Crippen LogP contribution in [0.4, 0.5) is 10.1 Å². The zero-order valence-electron chi connectivity index (χ0n) is 13.1. The molecule has 0 aliphatic rings. The van der Waals surface area contributed by atoms with Crippen LogP contribution in [-0.2, 0) is 10.0 Å². The molecule has 1 heterocycles. The lowest BCUT2D eigenvalue weighted by Crippen LogP contribution is -2.12. The Labute approximate surface area is 139 Å². The third kappa shape index (κ3) is 3.30. The summed E-state index contributed by atoms with van der Waals surface area (Å²) < 4.78 is 45.3. The van der Waals surface area contributed by atoms with Crippen molar-refractivity contribution in [3.05, 3.63) is 66.0 Å². The van der Waals surface area contributed by atoms with Crippen LogP contribution in [0.1, 0.15) is 11.7 Å². The minimum absolute atomic E-state index is 0.00375. The third-order valence-corrected chi connectivity index (χ3v) is 4.84. The van der Waals surface area contributed by atoms with Crippen LogP contribution < -0.4 is 4.72 Å². The predicted molar refractivity (Wildman–Crippen MR) is 88.6 cm³/mol. The summed E-state index contributed by atoms with van der Waals surface area (Å²) in [6.45, 7) is 3.59. The Morgan fingerprint density at radius 1 is 1.00 bits per heavy atom. The van der Waals surface area contributed by atoms with E-state index in [9.17, 15) is 12.8 Å². The van der Waals surface area contributed by atoms with Gasteiger partial charge in [0.25, 0.3) is 10.0 Å². The summed E-state index contributed by atoms with van der Waals surface area (Å²) in [6.07, 6.45) is 0. The summed E-state index contributed by atoms with van der Waals surface area (Å²) in [5, 5.41) is 0. The number of halogens is 1. The second-order valence-corrected chi connectivity index (χ2v) is 6.96. The van der Waals surface area contributed by atoms with Crippen molar-refractivity contribution in [2.24, 2.45) is 0 Å². The van der Waals surface area contributed by atoms with Crippen LogP contribution in [0, 0.1) is 19.7 Å². The lowest BCUT2D eigenvalue weighted by molar-refractivity contribution is 0.495. The number of benzene rings is 2. The fourth-order valence-electron chi connectivity index (χ4n) is 2.32. The molecule has 0 aliphatic heterocycles. The average Bonchev–Trinajstić information content (AvgIpc) is 2.87. The van der Waals surface area contributed by atoms with Gasteiger partial charge in [0, 0.05) is 18.2 Å². The van der Waals surface area contributed by atoms with Crippen LogP contribution >= 0.6 is 0 Å². The molecule has 0 fully saturated rings. The number of nitrogens with zero attached hydrogens (tertiary/aromatic N) is 1. The molecular weight excluding hydrogens is 331 g/mol. The van der Waals surface area contributed by atoms with Gasteiger partial charge in [0.15, 0.2) is 5.89 Å². The van der Waals surface area contributed by atoms with Gasteiger partial charge in [-0.3, -0.25) is 4.72 Å². The highest BCUT2D eigenvalue weighted by Crippen LogP contribution is 2.25. The molecule has 0 amide bonds. The van der Waals surface area contributed by atoms with Gasteiger partial charge in [0.1, 0.15) is 17.3 Å². The Hall–Kier alpha value is -2.67. The van der Waals surface area contributed by atoms with Gasteiger partial charge in [-0.05, 0) is 43.3 Å². The fraction of sp³-hybridized carbons (Fsp3) is 0.118. The second kappa shape index (κ2) is 6.09. The zero-order valence-corrected chi connectivity index (χ0v) is 13.9. The van der Waals surface area contributed by atoms with Crippen LogP contribution in [0.15, 0.2) is 57.8 Å². The molecule has 3 rings (SSSR count). The Balaban J connectivity index is 1.83. The molecule has 0 aliphatic carbocycles. The molecular formula is C17H15FN2O3S. The largest absolute Gasteiger partial charge is 0.446 e. The van der Waals surface area contributed by atoms with Crippen molar-refractivity contribution in [2.45, 2.75) is 18.7 Å². The third-order valence-electron chi connectivity index (χ3n) is 3.44. The van der Waals surface area contributed by atoms with Crippen LogP contribution in [0.5, 0.6) is 0 Å². The van der Waals surface area contributed by atoms with Crippen molar-refractivity contribution >= 4 is 15.7 Å². The molecule has 124 valence electrons. The first-order valence-electron chi connectivity index (χ1n) is 7.18. The van der Waals surface area contributed by atoms with Crippen molar-refractivity contribution in [1.82, 2.24) is 4.98 Å². The first-order valence-corrected chi connectivity index (χ1v) is 8.66. The molecule has 3 aromatic rings. The Kier molecular flexibility index (Phi) is 4.11. The highest BCUT2D eigenvalue weighted by molar-refractivity contribution is 7.92. The standard InChI is InChI=1S/C17H15FN2O3S/c1-11-17(19-12(2)23-11)13-3-7-15(8-4-13)20-24(21,22)16-9-5-14(18)6-10-16/h3-10,20H,1-2H3. The van der Waals surface area contributed by atoms with Crippen molar-refractivity contribution in [1.29, 1.82) is 0 Å². The smallest absolute Gasteiger partial charge is 0.261 e. The molecule has 0 saturated carbocycles. The molecule has 7 heteroatoms. The van der Waals surface area contributed by atoms with Crippen LogP contribution in [0.2, 0.25) is 0 Å². The average molecular weight is 346 g/mol. The normalized spacial score (nSPS) is 11.5. The van der Waals surface area contributed by atoms with Gasteiger partial charge in [-0.1, -0.05) is 12.1 Å². The predicted octanol–water partition coefficient (Wildman–Crippen LogP) is 3.90. The highest BCUT2D eigenvalue weighted by Gasteiger charge is 2.15. The van der Waals surface area contributed by atoms with Crippen molar-refractivity contribution in [2.75, 3.05) is 4.72 Å². The summed E-state index contributed by atoms with van der Waals surface area (Å²) in [5.41, 5.74) is 1.95. The van der Waals surface area contributed by atoms with Gasteiger partial charge in [-0.15, -0.1) is 0 Å². The number of rotatable bonds is 4. The lowest BCUT2D eigenvalue weighted by Gasteiger charge is -2.08. The second-order valence-electron chi connectivity index (χ2n) is 5.27. The van der Waals surface area contributed by atoms with Crippen LogP contribution in [0.25, 0.3) is 11.3 Å². The Morgan fingerprint density at radius 2 is 1.62 bits per heavy atom. The first-order chi connectivity index (χ1) is 11.3. The van der Waals surface area contributed by atoms with Gasteiger partial charge in [0.2, 0.25) is 0 Å². The van der Waals surface area contributed by atoms with E-state index in [0.29, 0.717) is 17.3 Å². The summed E-state index contributed by atoms with van der Waals surface area (Å²) >= 11 is 0. The Morgan fingerprint density at radius 3 is 2.17 bits per heavy atom. The van der Waals surface area contributed by atoms with Crippen LogP contribution in [0.3, 0.4) is 0 Å². The molecule has 1 N–H and O–H groups in total. The minimum Gasteiger partial charge on any atom is -0.446 e. The number of sulfonamides is 1. The van der Waals surface area contributed by atoms with Gasteiger partial charge in [-0.25, -0.2) is 17.8 Å². The number of aromatic nitrogens is 1. The summed E-state index contributed by atoms with van der Waals surface area (Å²) in [5.74, 6) is 0.785. The molecule has 0 atom stereocenters. The number of hydrogen-bond acceptors (Lipinski definition) is 4. The number of anilines is 1. The van der Waals surface area contributed by atoms with E-state index in [1.807, 2.05) is 6.92 Å². The molecule has 0 radical (unpaired) electrons. The molecule has 0 bridgehead atoms. The quantitative estimate of drug-likeness (QED) is 0.778. The van der Waals surface area contributed by atoms with E-state index < -0.39 is 15.8 Å². The van der Waals surface area contributed by atoms with E-state index in [2.05, 4.69) is 9.71 Å². The van der Waals surface area contributed by atoms with E-state index in [0.717, 1.165) is 23.4 Å². The van der Waals surface area contributed by atoms with Crippen LogP contribution in [-0.4, -0.2) is 13.4 Å². The van der Waals surface area contributed by atoms with Gasteiger partial charge in [-0.2, -0.15) is 0 Å². The van der Waals surface area contributed by atoms with Gasteiger partial charge in [0.05, 0.1) is 4.90 Å². The summed E-state index contributed by atoms with van der Waals surface area (Å²) in [7, 11) is -3.76. The fourth-order valence-corrected chi connectivity index (χ4v) is 3.38. The summed E-state index contributed by atoms with van der Waals surface area (Å²) in [4.78, 5) is 4.30. The molecule has 5 nitrogen and oxygen atoms in total. The molecule has 2 aromatic carbocycles. The topological polar surface area (TPSA) is 72.2 Å². The minimum atomic E-state index is -3.76. The van der Waals surface area contributed by atoms with Crippen molar-refractivity contribution < 1.29 is 17.2 Å². The zero-order chi connectivity index (χ0) is 17.3. The molecule has 0 unspecified atom stereocenters. The number of oxazole rings is 1. The molecule has 1 aromatic heterocycles. The van der Waals surface area contributed by atoms with Gasteiger partial charge < -0.3 is 4.42 Å². The van der Waals surface area contributed by atoms with E-state index >= 15 is 0 Å². The summed E-state index contributed by atoms with van der Waals surface area (Å²) in [6, 6.07) is 11.4. The SMILES string of the molecule is Cc1nc(-c2ccc(NS(=O)(=O)c3ccc(F)cc3)cc2)c(C)o1. The molecule has 24 heavy (non-hydrogen) atoms. The van der Waals surface area contributed by atoms with E-state index in [1.54, 1.807) is 31.2 Å². The highest BCUT2D eigenvalue weighted by atomic mass is 32.2. The maximum absolute atomic E-state index is 12.9. The molecule has 0 saturated heterocycles. The molecule has 0 spiro atoms. The maximum atomic E-state index is 12.9. The van der Waals surface area contributed by atoms with E-state index in [-0.39, 0.29) is 4.90 Å². The number of aryl methyl sites for hydroxylation is 2. The van der Waals surface area contributed by atoms with Gasteiger partial charge >= 0.3 is 0 Å². The maximum Gasteiger partial charge on any atom is 0.261 e. The monoisotopic (exact) mass is 346 g/mol. The Bertz CT molecular complexity index is 962. The van der Waals surface area contributed by atoms with Crippen molar-refractivity contribution in [3.63, 3.8) is 0 Å².